The first-order valence-corrected chi connectivity index (χ1v) is 8.36. The molecule has 1 amide bonds. The fourth-order valence-electron chi connectivity index (χ4n) is 2.53. The lowest BCUT2D eigenvalue weighted by Gasteiger charge is -2.12. The summed E-state index contributed by atoms with van der Waals surface area (Å²) >= 11 is 0. The van der Waals surface area contributed by atoms with Crippen molar-refractivity contribution < 1.29 is 29.2 Å². The number of benzene rings is 1. The van der Waals surface area contributed by atoms with Gasteiger partial charge in [0.15, 0.2) is 28.4 Å². The van der Waals surface area contributed by atoms with E-state index in [0.29, 0.717) is 28.4 Å². The maximum absolute atomic E-state index is 11.9. The lowest BCUT2D eigenvalue weighted by molar-refractivity contribution is 0.153. The molecule has 2 aromatic heterocycles. The molecule has 0 unspecified atom stereocenters. The first-order chi connectivity index (χ1) is 13.6. The van der Waals surface area contributed by atoms with Crippen molar-refractivity contribution in [1.82, 2.24) is 20.3 Å². The molecular weight excluding hydrogens is 368 g/mol. The predicted molar refractivity (Wildman–Crippen MR) is 99.5 cm³/mol. The average Bonchev–Trinajstić information content (AvgIpc) is 3.13. The summed E-state index contributed by atoms with van der Waals surface area (Å²) in [6.45, 7) is -0.828. The van der Waals surface area contributed by atoms with Crippen LogP contribution in [0, 0.1) is 0 Å². The fourth-order valence-corrected chi connectivity index (χ4v) is 2.53. The third-order valence-corrected chi connectivity index (χ3v) is 3.99. The van der Waals surface area contributed by atoms with Crippen LogP contribution in [0.1, 0.15) is 0 Å². The summed E-state index contributed by atoms with van der Waals surface area (Å²) < 4.78 is 15.8. The highest BCUT2D eigenvalue weighted by atomic mass is 16.6. The SMILES string of the molecule is COc1ccc(-c2cnc3[nH]cc(OC(=O)NC(CO)CO)c3n2)cc1OC. The highest BCUT2D eigenvalue weighted by Crippen LogP contribution is 2.32. The number of amides is 1. The Kier molecular flexibility index (Phi) is 5.92. The maximum Gasteiger partial charge on any atom is 0.413 e. The predicted octanol–water partition coefficient (Wildman–Crippen LogP) is 1.08. The number of carbonyl (C=O) groups is 1. The number of hydrogen-bond donors (Lipinski definition) is 4. The van der Waals surface area contributed by atoms with Gasteiger partial charge in [0, 0.05) is 11.8 Å². The molecule has 0 aliphatic heterocycles. The van der Waals surface area contributed by atoms with Crippen molar-refractivity contribution in [3.05, 3.63) is 30.6 Å². The Balaban J connectivity index is 1.89. The van der Waals surface area contributed by atoms with Crippen molar-refractivity contribution in [2.24, 2.45) is 0 Å². The Hall–Kier alpha value is -3.37. The van der Waals surface area contributed by atoms with Crippen LogP contribution >= 0.6 is 0 Å². The number of aromatic nitrogens is 3. The summed E-state index contributed by atoms with van der Waals surface area (Å²) in [5.74, 6) is 1.30. The van der Waals surface area contributed by atoms with Gasteiger partial charge in [-0.1, -0.05) is 0 Å². The standard InChI is InChI=1S/C18H20N4O6/c1-26-13-4-3-10(5-14(13)27-2)12-6-19-17-16(22-12)15(7-20-17)28-18(25)21-11(8-23)9-24/h3-7,11,23-24H,8-9H2,1-2H3,(H,19,20)(H,21,25). The number of H-pyrrole nitrogens is 1. The molecule has 4 N–H and O–H groups in total. The zero-order chi connectivity index (χ0) is 20.1. The van der Waals surface area contributed by atoms with Gasteiger partial charge in [-0.15, -0.1) is 0 Å². The minimum atomic E-state index is -0.827. The van der Waals surface area contributed by atoms with E-state index in [4.69, 9.17) is 24.4 Å². The summed E-state index contributed by atoms with van der Waals surface area (Å²) in [5.41, 5.74) is 2.08. The van der Waals surface area contributed by atoms with Crippen LogP contribution in [0.15, 0.2) is 30.6 Å². The first-order valence-electron chi connectivity index (χ1n) is 8.36. The van der Waals surface area contributed by atoms with E-state index in [-0.39, 0.29) is 5.75 Å². The van der Waals surface area contributed by atoms with Crippen molar-refractivity contribution in [1.29, 1.82) is 0 Å². The smallest absolute Gasteiger partial charge is 0.413 e. The molecule has 0 atom stereocenters. The largest absolute Gasteiger partial charge is 0.493 e. The maximum atomic E-state index is 11.9. The second-order valence-electron chi connectivity index (χ2n) is 5.77. The summed E-state index contributed by atoms with van der Waals surface area (Å²) in [6, 6.07) is 4.52. The summed E-state index contributed by atoms with van der Waals surface area (Å²) in [4.78, 5) is 23.6. The first kappa shape index (κ1) is 19.4. The molecule has 0 saturated heterocycles. The van der Waals surface area contributed by atoms with Gasteiger partial charge in [0.25, 0.3) is 0 Å². The topological polar surface area (TPSA) is 139 Å². The Morgan fingerprint density at radius 2 is 1.93 bits per heavy atom. The number of nitrogens with zero attached hydrogens (tertiary/aromatic N) is 2. The van der Waals surface area contributed by atoms with Crippen LogP contribution in [0.2, 0.25) is 0 Å². The van der Waals surface area contributed by atoms with E-state index in [1.807, 2.05) is 6.07 Å². The van der Waals surface area contributed by atoms with Gasteiger partial charge in [0.2, 0.25) is 0 Å². The number of hydrogen-bond acceptors (Lipinski definition) is 8. The lowest BCUT2D eigenvalue weighted by atomic mass is 10.1. The molecule has 10 nitrogen and oxygen atoms in total. The number of fused-ring (bicyclic) bond motifs is 1. The molecule has 0 spiro atoms. The lowest BCUT2D eigenvalue weighted by Crippen LogP contribution is -2.41. The quantitative estimate of drug-likeness (QED) is 0.472. The van der Waals surface area contributed by atoms with Crippen molar-refractivity contribution >= 4 is 17.3 Å². The number of rotatable bonds is 7. The molecule has 1 aromatic carbocycles. The van der Waals surface area contributed by atoms with Gasteiger partial charge in [0.1, 0.15) is 0 Å². The van der Waals surface area contributed by atoms with Gasteiger partial charge < -0.3 is 34.7 Å². The molecule has 0 radical (unpaired) electrons. The van der Waals surface area contributed by atoms with E-state index in [9.17, 15) is 4.79 Å². The number of nitrogens with one attached hydrogen (secondary N) is 2. The summed E-state index contributed by atoms with van der Waals surface area (Å²) in [6.07, 6.45) is 2.21. The molecule has 0 saturated carbocycles. The third-order valence-electron chi connectivity index (χ3n) is 3.99. The molecule has 0 aliphatic carbocycles. The van der Waals surface area contributed by atoms with E-state index in [1.165, 1.54) is 6.20 Å². The molecular formula is C18H20N4O6. The van der Waals surface area contributed by atoms with Crippen molar-refractivity contribution in [3.8, 4) is 28.5 Å². The second kappa shape index (κ2) is 8.55. The summed E-state index contributed by atoms with van der Waals surface area (Å²) in [5, 5.41) is 20.4. The van der Waals surface area contributed by atoms with Crippen LogP contribution in [-0.4, -0.2) is 64.7 Å². The molecule has 28 heavy (non-hydrogen) atoms. The monoisotopic (exact) mass is 388 g/mol. The van der Waals surface area contributed by atoms with E-state index >= 15 is 0 Å². The number of ether oxygens (including phenoxy) is 3. The highest BCUT2D eigenvalue weighted by molar-refractivity contribution is 5.84. The van der Waals surface area contributed by atoms with Crippen molar-refractivity contribution in [2.75, 3.05) is 27.4 Å². The zero-order valence-electron chi connectivity index (χ0n) is 15.3. The molecule has 0 bridgehead atoms. The van der Waals surface area contributed by atoms with Crippen LogP contribution in [0.3, 0.4) is 0 Å². The van der Waals surface area contributed by atoms with Gasteiger partial charge in [-0.25, -0.2) is 14.8 Å². The van der Waals surface area contributed by atoms with Crippen LogP contribution in [0.4, 0.5) is 4.79 Å². The van der Waals surface area contributed by atoms with Gasteiger partial charge >= 0.3 is 6.09 Å². The van der Waals surface area contributed by atoms with Gasteiger partial charge in [-0.05, 0) is 18.2 Å². The highest BCUT2D eigenvalue weighted by Gasteiger charge is 2.16. The molecule has 3 rings (SSSR count). The van der Waals surface area contributed by atoms with E-state index in [1.54, 1.807) is 32.5 Å². The van der Waals surface area contributed by atoms with E-state index < -0.39 is 25.3 Å². The Morgan fingerprint density at radius 3 is 2.61 bits per heavy atom. The average molecular weight is 388 g/mol. The van der Waals surface area contributed by atoms with E-state index in [2.05, 4.69) is 20.3 Å². The number of aliphatic hydroxyl groups excluding tert-OH is 2. The number of aliphatic hydroxyl groups is 2. The van der Waals surface area contributed by atoms with Crippen LogP contribution in [0.25, 0.3) is 22.4 Å². The van der Waals surface area contributed by atoms with Gasteiger partial charge in [0.05, 0.1) is 45.4 Å². The fraction of sp³-hybridized carbons (Fsp3) is 0.278. The van der Waals surface area contributed by atoms with Crippen LogP contribution in [-0.2, 0) is 0 Å². The van der Waals surface area contributed by atoms with Gasteiger partial charge in [-0.3, -0.25) is 0 Å². The number of carbonyl (C=O) groups excluding carboxylic acids is 1. The number of methoxy groups -OCH3 is 2. The molecule has 0 fully saturated rings. The Bertz CT molecular complexity index is 970. The molecule has 10 heteroatoms. The number of aromatic amines is 1. The van der Waals surface area contributed by atoms with Crippen LogP contribution in [0.5, 0.6) is 17.2 Å². The normalized spacial score (nSPS) is 10.9. The molecule has 0 aliphatic rings. The third kappa shape index (κ3) is 3.97. The Labute approximate surface area is 160 Å². The van der Waals surface area contributed by atoms with E-state index in [0.717, 1.165) is 5.56 Å². The zero-order valence-corrected chi connectivity index (χ0v) is 15.3. The van der Waals surface area contributed by atoms with Crippen LogP contribution < -0.4 is 19.5 Å². The Morgan fingerprint density at radius 1 is 1.18 bits per heavy atom. The minimum absolute atomic E-state index is 0.164. The van der Waals surface area contributed by atoms with Crippen molar-refractivity contribution in [3.63, 3.8) is 0 Å². The van der Waals surface area contributed by atoms with Crippen molar-refractivity contribution in [2.45, 2.75) is 6.04 Å². The second-order valence-corrected chi connectivity index (χ2v) is 5.77. The molecule has 2 heterocycles. The summed E-state index contributed by atoms with van der Waals surface area (Å²) in [7, 11) is 3.09. The minimum Gasteiger partial charge on any atom is -0.493 e. The van der Waals surface area contributed by atoms with Gasteiger partial charge in [-0.2, -0.15) is 0 Å². The molecule has 148 valence electrons. The molecule has 3 aromatic rings.